The Morgan fingerprint density at radius 3 is 3.00 bits per heavy atom. The van der Waals surface area contributed by atoms with E-state index in [-0.39, 0.29) is 0 Å². The van der Waals surface area contributed by atoms with Crippen LogP contribution in [0.4, 0.5) is 0 Å². The van der Waals surface area contributed by atoms with Gasteiger partial charge in [-0.2, -0.15) is 0 Å². The molecule has 56 valence electrons. The number of unbranched alkanes of at least 4 members (excludes halogenated alkanes) is 1. The number of rotatable bonds is 5. The molecular weight excluding hydrogens is 130 g/mol. The van der Waals surface area contributed by atoms with Gasteiger partial charge in [0.15, 0.2) is 0 Å². The highest BCUT2D eigenvalue weighted by atomic mass is 16.6. The second-order valence-electron chi connectivity index (χ2n) is 2.41. The molecule has 0 amide bonds. The van der Waals surface area contributed by atoms with Gasteiger partial charge in [-0.1, -0.05) is 11.5 Å². The van der Waals surface area contributed by atoms with Gasteiger partial charge in [0.05, 0.1) is 12.7 Å². The van der Waals surface area contributed by atoms with Crippen LogP contribution in [0.15, 0.2) is 5.11 Å². The topological polar surface area (TPSA) is 61.3 Å². The maximum absolute atomic E-state index is 7.92. The summed E-state index contributed by atoms with van der Waals surface area (Å²) in [7, 11) is 0. The van der Waals surface area contributed by atoms with E-state index in [2.05, 4.69) is 10.0 Å². The maximum atomic E-state index is 7.92. The monoisotopic (exact) mass is 141 g/mol. The quantitative estimate of drug-likeness (QED) is 0.189. The molecule has 0 radical (unpaired) electrons. The van der Waals surface area contributed by atoms with Gasteiger partial charge in [0, 0.05) is 11.5 Å². The lowest BCUT2D eigenvalue weighted by molar-refractivity contribution is 0.390. The van der Waals surface area contributed by atoms with Crippen LogP contribution in [0.3, 0.4) is 0 Å². The van der Waals surface area contributed by atoms with Crippen molar-refractivity contribution in [3.63, 3.8) is 0 Å². The summed E-state index contributed by atoms with van der Waals surface area (Å²) in [5.41, 5.74) is 7.92. The fourth-order valence-electron chi connectivity index (χ4n) is 0.834. The zero-order chi connectivity index (χ0) is 7.23. The molecule has 1 aliphatic heterocycles. The zero-order valence-electron chi connectivity index (χ0n) is 5.86. The maximum Gasteiger partial charge on any atom is 0.0810 e. The fraction of sp³-hybridized carbons (Fsp3) is 1.00. The highest BCUT2D eigenvalue weighted by molar-refractivity contribution is 4.68. The molecule has 0 aliphatic carbocycles. The van der Waals surface area contributed by atoms with Crippen molar-refractivity contribution in [2.75, 3.05) is 13.2 Å². The number of epoxide rings is 1. The average molecular weight is 141 g/mol. The Kier molecular flexibility index (Phi) is 3.06. The van der Waals surface area contributed by atoms with E-state index in [1.54, 1.807) is 0 Å². The smallest absolute Gasteiger partial charge is 0.0810 e. The Bertz CT molecular complexity index is 138. The summed E-state index contributed by atoms with van der Waals surface area (Å²) in [6.07, 6.45) is 3.75. The third kappa shape index (κ3) is 3.33. The van der Waals surface area contributed by atoms with Crippen LogP contribution in [-0.2, 0) is 4.74 Å². The first-order chi connectivity index (χ1) is 4.93. The lowest BCUT2D eigenvalue weighted by Crippen LogP contribution is -1.86. The van der Waals surface area contributed by atoms with Crippen molar-refractivity contribution in [1.29, 1.82) is 0 Å². The van der Waals surface area contributed by atoms with Crippen LogP contribution in [-0.4, -0.2) is 19.3 Å². The van der Waals surface area contributed by atoms with Gasteiger partial charge in [-0.25, -0.2) is 0 Å². The van der Waals surface area contributed by atoms with E-state index in [0.29, 0.717) is 12.6 Å². The first-order valence-corrected chi connectivity index (χ1v) is 3.56. The first-order valence-electron chi connectivity index (χ1n) is 3.56. The Morgan fingerprint density at radius 1 is 1.60 bits per heavy atom. The highest BCUT2D eigenvalue weighted by Crippen LogP contribution is 2.16. The second kappa shape index (κ2) is 4.14. The predicted molar refractivity (Wildman–Crippen MR) is 37.6 cm³/mol. The van der Waals surface area contributed by atoms with Crippen LogP contribution in [0.25, 0.3) is 10.4 Å². The Balaban J connectivity index is 1.80. The second-order valence-corrected chi connectivity index (χ2v) is 2.41. The minimum absolute atomic E-state index is 0.520. The third-order valence-electron chi connectivity index (χ3n) is 1.50. The van der Waals surface area contributed by atoms with Crippen molar-refractivity contribution in [1.82, 2.24) is 0 Å². The summed E-state index contributed by atoms with van der Waals surface area (Å²) in [6.45, 7) is 1.56. The highest BCUT2D eigenvalue weighted by Gasteiger charge is 2.20. The predicted octanol–water partition coefficient (Wildman–Crippen LogP) is 1.87. The number of azide groups is 1. The molecule has 1 saturated heterocycles. The normalized spacial score (nSPS) is 21.8. The van der Waals surface area contributed by atoms with Gasteiger partial charge in [-0.15, -0.1) is 0 Å². The Hall–Kier alpha value is -0.730. The molecule has 0 aromatic carbocycles. The first kappa shape index (κ1) is 7.38. The molecule has 1 atom stereocenters. The van der Waals surface area contributed by atoms with Gasteiger partial charge in [0.1, 0.15) is 0 Å². The Labute approximate surface area is 59.8 Å². The van der Waals surface area contributed by atoms with Crippen LogP contribution in [0, 0.1) is 0 Å². The van der Waals surface area contributed by atoms with Gasteiger partial charge < -0.3 is 4.74 Å². The van der Waals surface area contributed by atoms with E-state index in [4.69, 9.17) is 10.3 Å². The largest absolute Gasteiger partial charge is 0.373 e. The molecule has 0 saturated carbocycles. The van der Waals surface area contributed by atoms with Crippen LogP contribution < -0.4 is 0 Å². The number of hydrogen-bond donors (Lipinski definition) is 0. The molecule has 0 spiro atoms. The van der Waals surface area contributed by atoms with E-state index in [1.807, 2.05) is 0 Å². The molecular formula is C6H11N3O. The minimum atomic E-state index is 0.520. The summed E-state index contributed by atoms with van der Waals surface area (Å²) >= 11 is 0. The van der Waals surface area contributed by atoms with E-state index in [1.165, 1.54) is 0 Å². The third-order valence-corrected chi connectivity index (χ3v) is 1.50. The molecule has 0 aromatic heterocycles. The fourth-order valence-corrected chi connectivity index (χ4v) is 0.834. The van der Waals surface area contributed by atoms with Crippen molar-refractivity contribution in [2.24, 2.45) is 5.11 Å². The number of ether oxygens (including phenoxy) is 1. The SMILES string of the molecule is [N-]=[N+]=NCCCC[C@H]1CO1. The molecule has 4 heteroatoms. The van der Waals surface area contributed by atoms with Crippen LogP contribution in [0.2, 0.25) is 0 Å². The van der Waals surface area contributed by atoms with Gasteiger partial charge in [-0.3, -0.25) is 0 Å². The standard InChI is InChI=1S/C6H11N3O/c7-9-8-4-2-1-3-6-5-10-6/h6H,1-5H2/t6-/m0/s1. The molecule has 0 N–H and O–H groups in total. The summed E-state index contributed by atoms with van der Waals surface area (Å²) in [4.78, 5) is 2.66. The van der Waals surface area contributed by atoms with Crippen molar-refractivity contribution in [3.05, 3.63) is 10.4 Å². The average Bonchev–Trinajstić information content (AvgIpc) is 2.71. The number of nitrogens with zero attached hydrogens (tertiary/aromatic N) is 3. The number of hydrogen-bond acceptors (Lipinski definition) is 2. The van der Waals surface area contributed by atoms with Crippen molar-refractivity contribution >= 4 is 0 Å². The lowest BCUT2D eigenvalue weighted by atomic mass is 10.2. The zero-order valence-corrected chi connectivity index (χ0v) is 5.86. The molecule has 10 heavy (non-hydrogen) atoms. The van der Waals surface area contributed by atoms with E-state index in [0.717, 1.165) is 25.9 Å². The van der Waals surface area contributed by atoms with Crippen molar-refractivity contribution in [2.45, 2.75) is 25.4 Å². The molecule has 1 fully saturated rings. The van der Waals surface area contributed by atoms with Crippen LogP contribution >= 0.6 is 0 Å². The van der Waals surface area contributed by atoms with E-state index in [9.17, 15) is 0 Å². The molecule has 1 heterocycles. The molecule has 0 aromatic rings. The molecule has 0 unspecified atom stereocenters. The summed E-state index contributed by atoms with van der Waals surface area (Å²) in [6, 6.07) is 0. The molecule has 1 rings (SSSR count). The van der Waals surface area contributed by atoms with E-state index >= 15 is 0 Å². The lowest BCUT2D eigenvalue weighted by Gasteiger charge is -1.91. The van der Waals surface area contributed by atoms with E-state index < -0.39 is 0 Å². The summed E-state index contributed by atoms with van der Waals surface area (Å²) in [5, 5.41) is 3.43. The molecule has 4 nitrogen and oxygen atoms in total. The van der Waals surface area contributed by atoms with Crippen LogP contribution in [0.1, 0.15) is 19.3 Å². The van der Waals surface area contributed by atoms with Gasteiger partial charge in [-0.05, 0) is 18.4 Å². The minimum Gasteiger partial charge on any atom is -0.373 e. The van der Waals surface area contributed by atoms with Crippen molar-refractivity contribution < 1.29 is 4.74 Å². The molecule has 1 aliphatic rings. The van der Waals surface area contributed by atoms with Crippen molar-refractivity contribution in [3.8, 4) is 0 Å². The molecule has 0 bridgehead atoms. The van der Waals surface area contributed by atoms with Gasteiger partial charge in [0.2, 0.25) is 0 Å². The summed E-state index contributed by atoms with van der Waals surface area (Å²) < 4.78 is 5.01. The Morgan fingerprint density at radius 2 is 2.40 bits per heavy atom. The van der Waals surface area contributed by atoms with Gasteiger partial charge >= 0.3 is 0 Å². The summed E-state index contributed by atoms with van der Waals surface area (Å²) in [5.74, 6) is 0. The van der Waals surface area contributed by atoms with Crippen LogP contribution in [0.5, 0.6) is 0 Å². The van der Waals surface area contributed by atoms with Gasteiger partial charge in [0.25, 0.3) is 0 Å².